The van der Waals surface area contributed by atoms with E-state index in [0.717, 1.165) is 19.6 Å². The minimum atomic E-state index is 0.0615. The number of piperidine rings is 1. The van der Waals surface area contributed by atoms with Gasteiger partial charge in [-0.3, -0.25) is 0 Å². The monoisotopic (exact) mass is 211 g/mol. The molecule has 0 aromatic heterocycles. The molecule has 2 N–H and O–H groups in total. The van der Waals surface area contributed by atoms with Gasteiger partial charge in [-0.05, 0) is 17.8 Å². The highest BCUT2D eigenvalue weighted by Crippen LogP contribution is 2.36. The van der Waals surface area contributed by atoms with Crippen LogP contribution >= 0.6 is 0 Å². The molecule has 3 fully saturated rings. The predicted molar refractivity (Wildman–Crippen MR) is 59.7 cm³/mol. The first-order valence-corrected chi connectivity index (χ1v) is 5.73. The molecular weight excluding hydrogens is 190 g/mol. The van der Waals surface area contributed by atoms with Gasteiger partial charge in [-0.25, -0.2) is 4.79 Å². The summed E-state index contributed by atoms with van der Waals surface area (Å²) in [6.07, 6.45) is 1.22. The van der Waals surface area contributed by atoms with Crippen LogP contribution in [0, 0.1) is 11.3 Å². The van der Waals surface area contributed by atoms with Crippen molar-refractivity contribution in [2.75, 3.05) is 26.7 Å². The molecule has 0 aromatic rings. The molecular formula is C11H21N3O. The molecule has 2 amide bonds. The molecule has 15 heavy (non-hydrogen) atoms. The van der Waals surface area contributed by atoms with Crippen LogP contribution in [0.1, 0.15) is 20.3 Å². The van der Waals surface area contributed by atoms with E-state index < -0.39 is 0 Å². The second kappa shape index (κ2) is 3.67. The number of amides is 2. The fraction of sp³-hybridized carbons (Fsp3) is 0.909. The maximum atomic E-state index is 11.6. The maximum Gasteiger partial charge on any atom is 0.317 e. The summed E-state index contributed by atoms with van der Waals surface area (Å²) in [6.45, 7) is 7.38. The van der Waals surface area contributed by atoms with E-state index in [9.17, 15) is 4.79 Å². The Balaban J connectivity index is 2.14. The second-order valence-electron chi connectivity index (χ2n) is 5.48. The lowest BCUT2D eigenvalue weighted by Gasteiger charge is -2.39. The van der Waals surface area contributed by atoms with E-state index in [-0.39, 0.29) is 6.03 Å². The SMILES string of the molecule is CNC(=O)N1CC2CNC(C1)C(C)(C)C2. The van der Waals surface area contributed by atoms with Crippen LogP contribution in [0.25, 0.3) is 0 Å². The molecule has 3 aliphatic rings. The summed E-state index contributed by atoms with van der Waals surface area (Å²) in [7, 11) is 1.70. The molecule has 0 aromatic carbocycles. The number of hydrogen-bond donors (Lipinski definition) is 2. The summed E-state index contributed by atoms with van der Waals surface area (Å²) in [5, 5.41) is 6.28. The number of carbonyl (C=O) groups excluding carboxylic acids is 1. The number of fused-ring (bicyclic) bond motifs is 4. The molecule has 3 heterocycles. The van der Waals surface area contributed by atoms with Gasteiger partial charge >= 0.3 is 6.03 Å². The number of nitrogens with one attached hydrogen (secondary N) is 2. The zero-order chi connectivity index (χ0) is 11.1. The quantitative estimate of drug-likeness (QED) is 0.618. The number of hydrogen-bond acceptors (Lipinski definition) is 2. The third-order valence-corrected chi connectivity index (χ3v) is 3.79. The van der Waals surface area contributed by atoms with Crippen molar-refractivity contribution < 1.29 is 4.79 Å². The van der Waals surface area contributed by atoms with E-state index in [2.05, 4.69) is 24.5 Å². The zero-order valence-electron chi connectivity index (χ0n) is 9.84. The zero-order valence-corrected chi connectivity index (χ0v) is 9.84. The van der Waals surface area contributed by atoms with Crippen LogP contribution in [0.5, 0.6) is 0 Å². The van der Waals surface area contributed by atoms with Crippen LogP contribution in [0.15, 0.2) is 0 Å². The molecule has 3 aliphatic heterocycles. The van der Waals surface area contributed by atoms with Crippen molar-refractivity contribution in [3.63, 3.8) is 0 Å². The Hall–Kier alpha value is -0.770. The van der Waals surface area contributed by atoms with Gasteiger partial charge in [0.2, 0.25) is 0 Å². The molecule has 0 saturated carbocycles. The fourth-order valence-electron chi connectivity index (χ4n) is 2.91. The largest absolute Gasteiger partial charge is 0.341 e. The van der Waals surface area contributed by atoms with Crippen LogP contribution < -0.4 is 10.6 Å². The van der Waals surface area contributed by atoms with E-state index in [1.807, 2.05) is 4.90 Å². The summed E-state index contributed by atoms with van der Waals surface area (Å²) in [6, 6.07) is 0.500. The van der Waals surface area contributed by atoms with Gasteiger partial charge in [-0.15, -0.1) is 0 Å². The molecule has 0 aliphatic carbocycles. The Labute approximate surface area is 91.4 Å². The Kier molecular flexibility index (Phi) is 2.63. The molecule has 4 heteroatoms. The third-order valence-electron chi connectivity index (χ3n) is 3.79. The molecule has 0 spiro atoms. The van der Waals surface area contributed by atoms with Crippen molar-refractivity contribution in [1.29, 1.82) is 0 Å². The van der Waals surface area contributed by atoms with Gasteiger partial charge in [-0.1, -0.05) is 13.8 Å². The van der Waals surface area contributed by atoms with E-state index in [1.54, 1.807) is 7.05 Å². The highest BCUT2D eigenvalue weighted by atomic mass is 16.2. The maximum absolute atomic E-state index is 11.6. The second-order valence-corrected chi connectivity index (χ2v) is 5.48. The molecule has 86 valence electrons. The lowest BCUT2D eigenvalue weighted by molar-refractivity contribution is 0.160. The lowest BCUT2D eigenvalue weighted by atomic mass is 9.75. The van der Waals surface area contributed by atoms with E-state index in [0.29, 0.717) is 17.4 Å². The summed E-state index contributed by atoms with van der Waals surface area (Å²) >= 11 is 0. The van der Waals surface area contributed by atoms with Gasteiger partial charge in [0.15, 0.2) is 0 Å². The molecule has 2 unspecified atom stereocenters. The van der Waals surface area contributed by atoms with Gasteiger partial charge in [-0.2, -0.15) is 0 Å². The topological polar surface area (TPSA) is 44.4 Å². The van der Waals surface area contributed by atoms with Crippen LogP contribution in [0.3, 0.4) is 0 Å². The first-order chi connectivity index (χ1) is 7.03. The highest BCUT2D eigenvalue weighted by molar-refractivity contribution is 5.74. The normalized spacial score (nSPS) is 33.7. The van der Waals surface area contributed by atoms with Gasteiger partial charge in [0, 0.05) is 32.7 Å². The number of rotatable bonds is 0. The van der Waals surface area contributed by atoms with Crippen LogP contribution in [0.2, 0.25) is 0 Å². The van der Waals surface area contributed by atoms with E-state index in [4.69, 9.17) is 0 Å². The number of nitrogens with zero attached hydrogens (tertiary/aromatic N) is 1. The van der Waals surface area contributed by atoms with Crippen molar-refractivity contribution in [3.05, 3.63) is 0 Å². The molecule has 0 radical (unpaired) electrons. The third kappa shape index (κ3) is 1.95. The van der Waals surface area contributed by atoms with Crippen molar-refractivity contribution in [1.82, 2.24) is 15.5 Å². The minimum Gasteiger partial charge on any atom is -0.341 e. The number of carbonyl (C=O) groups is 1. The van der Waals surface area contributed by atoms with Gasteiger partial charge in [0.1, 0.15) is 0 Å². The van der Waals surface area contributed by atoms with Crippen LogP contribution in [0.4, 0.5) is 4.79 Å². The van der Waals surface area contributed by atoms with E-state index in [1.165, 1.54) is 6.42 Å². The lowest BCUT2D eigenvalue weighted by Crippen LogP contribution is -2.51. The van der Waals surface area contributed by atoms with Crippen molar-refractivity contribution in [3.8, 4) is 0 Å². The average molecular weight is 211 g/mol. The first-order valence-electron chi connectivity index (χ1n) is 5.73. The number of urea groups is 1. The van der Waals surface area contributed by atoms with Gasteiger partial charge < -0.3 is 15.5 Å². The van der Waals surface area contributed by atoms with Crippen molar-refractivity contribution in [2.45, 2.75) is 26.3 Å². The summed E-state index contributed by atoms with van der Waals surface area (Å²) in [4.78, 5) is 13.6. The molecule has 3 saturated heterocycles. The Morgan fingerprint density at radius 2 is 2.20 bits per heavy atom. The Bertz CT molecular complexity index is 265. The smallest absolute Gasteiger partial charge is 0.317 e. The molecule has 2 bridgehead atoms. The molecule has 3 rings (SSSR count). The highest BCUT2D eigenvalue weighted by Gasteiger charge is 2.42. The Morgan fingerprint density at radius 3 is 2.80 bits per heavy atom. The van der Waals surface area contributed by atoms with Crippen molar-refractivity contribution >= 4 is 6.03 Å². The summed E-state index contributed by atoms with van der Waals surface area (Å²) in [5.41, 5.74) is 0.311. The predicted octanol–water partition coefficient (Wildman–Crippen LogP) is 0.646. The first kappa shape index (κ1) is 10.7. The van der Waals surface area contributed by atoms with Gasteiger partial charge in [0.25, 0.3) is 0 Å². The molecule has 2 atom stereocenters. The van der Waals surface area contributed by atoms with Gasteiger partial charge in [0.05, 0.1) is 0 Å². The van der Waals surface area contributed by atoms with Crippen molar-refractivity contribution in [2.24, 2.45) is 11.3 Å². The van der Waals surface area contributed by atoms with Crippen LogP contribution in [-0.4, -0.2) is 43.7 Å². The minimum absolute atomic E-state index is 0.0615. The van der Waals surface area contributed by atoms with Crippen LogP contribution in [-0.2, 0) is 0 Å². The molecule has 4 nitrogen and oxygen atoms in total. The standard InChI is InChI=1S/C11H21N3O/c1-11(2)4-8-5-13-9(11)7-14(6-8)10(15)12-3/h8-9,13H,4-7H2,1-3H3,(H,12,15). The average Bonchev–Trinajstić information content (AvgIpc) is 2.44. The van der Waals surface area contributed by atoms with E-state index >= 15 is 0 Å². The summed E-state index contributed by atoms with van der Waals surface area (Å²) < 4.78 is 0. The summed E-state index contributed by atoms with van der Waals surface area (Å²) in [5.74, 6) is 0.607. The fourth-order valence-corrected chi connectivity index (χ4v) is 2.91. The Morgan fingerprint density at radius 1 is 1.47 bits per heavy atom.